The van der Waals surface area contributed by atoms with E-state index in [1.165, 1.54) is 38.3 Å². The zero-order chi connectivity index (χ0) is 19.5. The van der Waals surface area contributed by atoms with E-state index in [1.54, 1.807) is 10.9 Å². The van der Waals surface area contributed by atoms with Crippen LogP contribution < -0.4 is 10.9 Å². The molecule has 0 aliphatic rings. The smallest absolute Gasteiger partial charge is 0.0544 e. The molecule has 0 heterocycles. The van der Waals surface area contributed by atoms with E-state index in [-0.39, 0.29) is 7.26 Å². The Hall–Kier alpha value is -1.07. The van der Waals surface area contributed by atoms with Crippen molar-refractivity contribution in [3.05, 3.63) is 60.7 Å². The van der Waals surface area contributed by atoms with Gasteiger partial charge < -0.3 is 0 Å². The Morgan fingerprint density at radius 1 is 0.615 bits per heavy atom. The molecule has 2 aromatic rings. The molecular weight excluding hydrogens is 330 g/mol. The molecule has 0 N–H and O–H groups in total. The second-order valence-corrected chi connectivity index (χ2v) is 14.4. The van der Waals surface area contributed by atoms with Crippen molar-refractivity contribution in [2.45, 2.75) is 52.2 Å². The lowest BCUT2D eigenvalue weighted by molar-refractivity contribution is 0.838. The summed E-state index contributed by atoms with van der Waals surface area (Å²) >= 11 is 0. The lowest BCUT2D eigenvalue weighted by Gasteiger charge is -2.42. The Kier molecular flexibility index (Phi) is 10.3. The maximum Gasteiger partial charge on any atom is 0.0544 e. The van der Waals surface area contributed by atoms with E-state index in [9.17, 15) is 0 Å². The Morgan fingerprint density at radius 2 is 0.923 bits per heavy atom. The fourth-order valence-electron chi connectivity index (χ4n) is 3.75. The van der Waals surface area contributed by atoms with Gasteiger partial charge >= 0.3 is 0 Å². The first-order chi connectivity index (χ1) is 12.3. The number of hydrogen-bond acceptors (Lipinski definition) is 0. The fourth-order valence-corrected chi connectivity index (χ4v) is 3.75. The predicted octanol–water partition coefficient (Wildman–Crippen LogP) is 6.37. The summed E-state index contributed by atoms with van der Waals surface area (Å²) < 4.78 is 0. The second kappa shape index (κ2) is 11.6. The molecule has 0 atom stereocenters. The van der Waals surface area contributed by atoms with Crippen LogP contribution in [0.15, 0.2) is 60.7 Å². The van der Waals surface area contributed by atoms with E-state index in [0.717, 1.165) is 0 Å². The van der Waals surface area contributed by atoms with E-state index in [4.69, 9.17) is 0 Å². The first-order valence-electron chi connectivity index (χ1n) is 10.4. The highest BCUT2D eigenvalue weighted by atomic mass is 31.2. The number of unbranched alkanes of at least 4 members (excludes halogenated alkanes) is 2. The first-order valence-corrected chi connectivity index (χ1v) is 14.0. The lowest BCUT2D eigenvalue weighted by Crippen LogP contribution is -2.58. The van der Waals surface area contributed by atoms with Gasteiger partial charge in [-0.3, -0.25) is 0 Å². The Labute approximate surface area is 164 Å². The van der Waals surface area contributed by atoms with Crippen LogP contribution in [0.4, 0.5) is 0 Å². The van der Waals surface area contributed by atoms with E-state index in [0.29, 0.717) is 0 Å². The van der Waals surface area contributed by atoms with Gasteiger partial charge in [0.05, 0.1) is 6.15 Å². The maximum absolute atomic E-state index is 2.35. The molecule has 0 aromatic heterocycles. The van der Waals surface area contributed by atoms with Crippen LogP contribution in [0.5, 0.6) is 0 Å². The zero-order valence-corrected chi connectivity index (χ0v) is 18.9. The Bertz CT molecular complexity index is 531. The van der Waals surface area contributed by atoms with E-state index in [2.05, 4.69) is 101 Å². The Balaban J connectivity index is 0.000000597. The normalized spacial score (nSPS) is 11.6. The molecule has 0 spiro atoms. The van der Waals surface area contributed by atoms with Crippen molar-refractivity contribution in [2.75, 3.05) is 26.7 Å². The molecular formula is C24H40BP. The molecule has 0 bridgehead atoms. The lowest BCUT2D eigenvalue weighted by atomic mass is 9.15. The zero-order valence-electron chi connectivity index (χ0n) is 18.0. The molecule has 2 heteroatoms. The van der Waals surface area contributed by atoms with Crippen molar-refractivity contribution >= 4 is 24.3 Å². The minimum absolute atomic E-state index is 0.389. The first kappa shape index (κ1) is 23.0. The summed E-state index contributed by atoms with van der Waals surface area (Å²) in [7, 11) is -0.389. The maximum atomic E-state index is 2.35. The predicted molar refractivity (Wildman–Crippen MR) is 128 cm³/mol. The fraction of sp³-hybridized carbons (Fsp3) is 0.500. The molecule has 0 nitrogen and oxygen atoms in total. The molecule has 0 unspecified atom stereocenters. The highest BCUT2D eigenvalue weighted by Crippen LogP contribution is 2.40. The quantitative estimate of drug-likeness (QED) is 0.374. The van der Waals surface area contributed by atoms with Gasteiger partial charge in [-0.15, -0.1) is 0 Å². The number of rotatable bonds is 8. The third-order valence-corrected chi connectivity index (χ3v) is 4.98. The highest BCUT2D eigenvalue weighted by Gasteiger charge is 2.26. The SMILES string of the molecule is CCCC[B-](CCCC)(c1ccccc1)c1ccccc1.C[P+](C)(C)C. The van der Waals surface area contributed by atoms with Gasteiger partial charge in [-0.2, -0.15) is 12.6 Å². The van der Waals surface area contributed by atoms with Crippen LogP contribution >= 0.6 is 7.26 Å². The van der Waals surface area contributed by atoms with E-state index < -0.39 is 6.15 Å². The van der Waals surface area contributed by atoms with Crippen molar-refractivity contribution in [1.29, 1.82) is 0 Å². The van der Waals surface area contributed by atoms with Gasteiger partial charge in [-0.05, 0) is 0 Å². The summed E-state index contributed by atoms with van der Waals surface area (Å²) in [6.07, 6.45) is 7.18. The van der Waals surface area contributed by atoms with Gasteiger partial charge in [0.15, 0.2) is 0 Å². The number of benzene rings is 2. The van der Waals surface area contributed by atoms with Crippen LogP contribution in [0.25, 0.3) is 0 Å². The summed E-state index contributed by atoms with van der Waals surface area (Å²) in [4.78, 5) is 0. The summed E-state index contributed by atoms with van der Waals surface area (Å²) in [5, 5.41) is 0. The average Bonchev–Trinajstić information content (AvgIpc) is 2.62. The minimum Gasteiger partial charge on any atom is -0.205 e. The van der Waals surface area contributed by atoms with Gasteiger partial charge in [0, 0.05) is 33.9 Å². The molecule has 0 saturated carbocycles. The minimum atomic E-state index is -0.611. The van der Waals surface area contributed by atoms with Crippen molar-refractivity contribution in [3.63, 3.8) is 0 Å². The summed E-state index contributed by atoms with van der Waals surface area (Å²) in [5.74, 6) is 0. The van der Waals surface area contributed by atoms with Crippen LogP contribution in [0.3, 0.4) is 0 Å². The van der Waals surface area contributed by atoms with Crippen molar-refractivity contribution in [2.24, 2.45) is 0 Å². The van der Waals surface area contributed by atoms with E-state index >= 15 is 0 Å². The molecule has 0 fully saturated rings. The third-order valence-electron chi connectivity index (χ3n) is 4.98. The molecule has 0 saturated heterocycles. The molecule has 0 aliphatic heterocycles. The van der Waals surface area contributed by atoms with Gasteiger partial charge in [-0.25, -0.2) is 10.9 Å². The molecule has 0 aliphatic carbocycles. The van der Waals surface area contributed by atoms with Gasteiger partial charge in [0.2, 0.25) is 0 Å². The Morgan fingerprint density at radius 3 is 1.19 bits per heavy atom. The molecule has 0 amide bonds. The largest absolute Gasteiger partial charge is 0.205 e. The van der Waals surface area contributed by atoms with Crippen molar-refractivity contribution in [1.82, 2.24) is 0 Å². The number of hydrogen-bond donors (Lipinski definition) is 0. The monoisotopic (exact) mass is 370 g/mol. The van der Waals surface area contributed by atoms with Crippen LogP contribution in [0, 0.1) is 0 Å². The van der Waals surface area contributed by atoms with E-state index in [1.807, 2.05) is 0 Å². The van der Waals surface area contributed by atoms with Gasteiger partial charge in [0.1, 0.15) is 0 Å². The van der Waals surface area contributed by atoms with Crippen LogP contribution in [-0.2, 0) is 0 Å². The summed E-state index contributed by atoms with van der Waals surface area (Å²) in [6, 6.07) is 22.5. The topological polar surface area (TPSA) is 0 Å². The highest BCUT2D eigenvalue weighted by molar-refractivity contribution is 7.73. The van der Waals surface area contributed by atoms with Crippen LogP contribution in [0.2, 0.25) is 12.6 Å². The molecule has 144 valence electrons. The van der Waals surface area contributed by atoms with Crippen LogP contribution in [0.1, 0.15) is 39.5 Å². The van der Waals surface area contributed by atoms with Gasteiger partial charge in [0.25, 0.3) is 0 Å². The summed E-state index contributed by atoms with van der Waals surface area (Å²) in [6.45, 7) is 13.8. The average molecular weight is 370 g/mol. The molecule has 0 radical (unpaired) electrons. The van der Waals surface area contributed by atoms with Crippen LogP contribution in [-0.4, -0.2) is 32.8 Å². The standard InChI is InChI=1S/C20H28B.C4H12P/c1-3-5-17-21(18-6-4-2,19-13-9-7-10-14-19)20-15-11-8-12-16-20;1-5(2,3)4/h7-16H,3-6,17-18H2,1-2H3;1-4H3/q-1;+1. The molecule has 26 heavy (non-hydrogen) atoms. The molecule has 2 rings (SSSR count). The molecule has 2 aromatic carbocycles. The third kappa shape index (κ3) is 8.09. The summed E-state index contributed by atoms with van der Waals surface area (Å²) in [5.41, 5.74) is 3.09. The van der Waals surface area contributed by atoms with Crippen molar-refractivity contribution in [3.8, 4) is 0 Å². The van der Waals surface area contributed by atoms with Gasteiger partial charge in [-0.1, -0.05) is 100 Å². The second-order valence-electron chi connectivity index (χ2n) is 9.04. The van der Waals surface area contributed by atoms with Crippen molar-refractivity contribution < 1.29 is 0 Å².